The van der Waals surface area contributed by atoms with Crippen LogP contribution in [0.5, 0.6) is 0 Å². The van der Waals surface area contributed by atoms with Gasteiger partial charge >= 0.3 is 0 Å². The summed E-state index contributed by atoms with van der Waals surface area (Å²) >= 11 is 0. The molecule has 0 atom stereocenters. The van der Waals surface area contributed by atoms with E-state index in [9.17, 15) is 0 Å². The largest absolute Gasteiger partial charge is 0.379 e. The number of rotatable bonds is 1. The van der Waals surface area contributed by atoms with Crippen LogP contribution in [0.4, 0.5) is 5.95 Å². The van der Waals surface area contributed by atoms with E-state index < -0.39 is 0 Å². The van der Waals surface area contributed by atoms with Crippen molar-refractivity contribution in [3.8, 4) is 0 Å². The van der Waals surface area contributed by atoms with E-state index >= 15 is 0 Å². The molecule has 0 amide bonds. The van der Waals surface area contributed by atoms with Gasteiger partial charge in [0.2, 0.25) is 0 Å². The van der Waals surface area contributed by atoms with E-state index in [1.54, 1.807) is 12.5 Å². The van der Waals surface area contributed by atoms with Gasteiger partial charge in [-0.1, -0.05) is 0 Å². The molecule has 0 aliphatic rings. The highest BCUT2D eigenvalue weighted by Gasteiger charge is 2.00. The second-order valence-electron chi connectivity index (χ2n) is 1.84. The predicted molar refractivity (Wildman–Crippen MR) is 36.7 cm³/mol. The molecule has 0 spiro atoms. The summed E-state index contributed by atoms with van der Waals surface area (Å²) in [5.74, 6) is 0.486. The molecule has 0 N–H and O–H groups in total. The number of nitrogens with zero attached hydrogens (tertiary/aromatic N) is 3. The van der Waals surface area contributed by atoms with Crippen molar-refractivity contribution in [3.05, 3.63) is 18.5 Å². The molecule has 0 saturated heterocycles. The fraction of sp³-hybridized carbons (Fsp3) is 0. The molecule has 2 rings (SSSR count). The van der Waals surface area contributed by atoms with Crippen molar-refractivity contribution in [3.63, 3.8) is 0 Å². The maximum atomic E-state index is 5.00. The average molecular weight is 135 g/mol. The maximum absolute atomic E-state index is 5.00. The van der Waals surface area contributed by atoms with Crippen LogP contribution in [0, 0.1) is 0 Å². The van der Waals surface area contributed by atoms with Gasteiger partial charge in [-0.2, -0.15) is 0 Å². The molecule has 2 heterocycles. The maximum Gasteiger partial charge on any atom is 0.263 e. The van der Waals surface area contributed by atoms with Crippen molar-refractivity contribution in [2.75, 3.05) is 0 Å². The van der Waals surface area contributed by atoms with E-state index in [-0.39, 0.29) is 0 Å². The molecule has 2 aromatic heterocycles. The van der Waals surface area contributed by atoms with Crippen LogP contribution in [0.25, 0.3) is 5.52 Å². The fourth-order valence-electron chi connectivity index (χ4n) is 0.829. The number of hydrogen-bond donors (Lipinski definition) is 0. The van der Waals surface area contributed by atoms with E-state index in [2.05, 4.69) is 16.7 Å². The fourth-order valence-corrected chi connectivity index (χ4v) is 0.829. The zero-order valence-corrected chi connectivity index (χ0v) is 5.19. The molecule has 0 radical (unpaired) electrons. The number of imidazole rings is 1. The van der Waals surface area contributed by atoms with Crippen molar-refractivity contribution < 1.29 is 4.52 Å². The van der Waals surface area contributed by atoms with Crippen molar-refractivity contribution >= 4 is 18.2 Å². The summed E-state index contributed by atoms with van der Waals surface area (Å²) < 4.78 is 6.51. The molecule has 50 valence electrons. The van der Waals surface area contributed by atoms with Gasteiger partial charge in [0.25, 0.3) is 5.95 Å². The molecule has 0 saturated carbocycles. The molecule has 4 nitrogen and oxygen atoms in total. The smallest absolute Gasteiger partial charge is 0.263 e. The van der Waals surface area contributed by atoms with Gasteiger partial charge in [0, 0.05) is 6.07 Å². The lowest BCUT2D eigenvalue weighted by Crippen LogP contribution is -1.73. The summed E-state index contributed by atoms with van der Waals surface area (Å²) in [5.41, 5.74) is 0.891. The van der Waals surface area contributed by atoms with Crippen LogP contribution < -0.4 is 0 Å². The van der Waals surface area contributed by atoms with E-state index in [1.165, 1.54) is 4.57 Å². The number of hydrogen-bond acceptors (Lipinski definition) is 3. The van der Waals surface area contributed by atoms with Crippen LogP contribution in [0.3, 0.4) is 0 Å². The molecule has 4 heteroatoms. The van der Waals surface area contributed by atoms with E-state index in [1.807, 2.05) is 6.07 Å². The number of fused-ring (bicyclic) bond motifs is 1. The minimum atomic E-state index is 0.486. The van der Waals surface area contributed by atoms with Crippen LogP contribution in [-0.4, -0.2) is 16.3 Å². The number of aliphatic imine (C=N–C) groups is 1. The van der Waals surface area contributed by atoms with E-state index in [0.29, 0.717) is 5.95 Å². The molecule has 0 aliphatic carbocycles. The Morgan fingerprint density at radius 2 is 2.60 bits per heavy atom. The third kappa shape index (κ3) is 0.500. The summed E-state index contributed by atoms with van der Waals surface area (Å²) in [6.45, 7) is 3.34. The Hall–Kier alpha value is -1.58. The second kappa shape index (κ2) is 1.70. The minimum absolute atomic E-state index is 0.486. The SMILES string of the molecule is C=Nc1ncc2ccon12. The van der Waals surface area contributed by atoms with Crippen LogP contribution in [0.1, 0.15) is 0 Å². The zero-order valence-electron chi connectivity index (χ0n) is 5.19. The van der Waals surface area contributed by atoms with Crippen LogP contribution >= 0.6 is 0 Å². The summed E-state index contributed by atoms with van der Waals surface area (Å²) in [4.78, 5) is 7.55. The zero-order chi connectivity index (χ0) is 6.97. The number of aromatic nitrogens is 2. The predicted octanol–water partition coefficient (Wildman–Crippen LogP) is 1.26. The van der Waals surface area contributed by atoms with Crippen molar-refractivity contribution in [1.82, 2.24) is 9.56 Å². The molecular formula is C6H5N3O. The highest BCUT2D eigenvalue weighted by Crippen LogP contribution is 2.12. The first-order chi connectivity index (χ1) is 4.92. The van der Waals surface area contributed by atoms with Crippen LogP contribution in [-0.2, 0) is 0 Å². The van der Waals surface area contributed by atoms with Gasteiger partial charge in [0.15, 0.2) is 0 Å². The summed E-state index contributed by atoms with van der Waals surface area (Å²) in [6.07, 6.45) is 3.25. The summed E-state index contributed by atoms with van der Waals surface area (Å²) in [5, 5.41) is 0. The van der Waals surface area contributed by atoms with Gasteiger partial charge in [0.1, 0.15) is 11.8 Å². The quantitative estimate of drug-likeness (QED) is 0.552. The lowest BCUT2D eigenvalue weighted by molar-refractivity contribution is 0.379. The topological polar surface area (TPSA) is 42.8 Å². The third-order valence-electron chi connectivity index (χ3n) is 1.27. The molecule has 0 aromatic carbocycles. The standard InChI is InChI=1S/C6H5N3O/c1-7-6-8-4-5-2-3-10-9(5)6/h2-4H,1H2. The molecule has 10 heavy (non-hydrogen) atoms. The lowest BCUT2D eigenvalue weighted by atomic mass is 10.6. The monoisotopic (exact) mass is 135 g/mol. The van der Waals surface area contributed by atoms with Gasteiger partial charge in [-0.15, -0.1) is 4.57 Å². The Kier molecular flexibility index (Phi) is 0.887. The molecule has 0 unspecified atom stereocenters. The highest BCUT2D eigenvalue weighted by molar-refractivity contribution is 5.49. The van der Waals surface area contributed by atoms with Crippen molar-refractivity contribution in [2.24, 2.45) is 4.99 Å². The van der Waals surface area contributed by atoms with Gasteiger partial charge in [-0.25, -0.2) is 9.98 Å². The first kappa shape index (κ1) is 5.22. The first-order valence-electron chi connectivity index (χ1n) is 2.80. The second-order valence-corrected chi connectivity index (χ2v) is 1.84. The normalized spacial score (nSPS) is 10.4. The van der Waals surface area contributed by atoms with E-state index in [4.69, 9.17) is 4.52 Å². The Balaban J connectivity index is 2.88. The van der Waals surface area contributed by atoms with Gasteiger partial charge in [-0.05, 0) is 6.72 Å². The van der Waals surface area contributed by atoms with Crippen molar-refractivity contribution in [1.29, 1.82) is 0 Å². The van der Waals surface area contributed by atoms with Crippen LogP contribution in [0.15, 0.2) is 28.0 Å². The van der Waals surface area contributed by atoms with Gasteiger partial charge < -0.3 is 4.52 Å². The van der Waals surface area contributed by atoms with Gasteiger partial charge in [-0.3, -0.25) is 0 Å². The third-order valence-corrected chi connectivity index (χ3v) is 1.27. The summed E-state index contributed by atoms with van der Waals surface area (Å²) in [6, 6.07) is 1.81. The molecule has 2 aromatic rings. The Morgan fingerprint density at radius 1 is 1.70 bits per heavy atom. The molecule has 0 bridgehead atoms. The van der Waals surface area contributed by atoms with Gasteiger partial charge in [0.05, 0.1) is 6.20 Å². The Bertz CT molecular complexity index is 360. The minimum Gasteiger partial charge on any atom is -0.379 e. The van der Waals surface area contributed by atoms with E-state index in [0.717, 1.165) is 5.52 Å². The summed E-state index contributed by atoms with van der Waals surface area (Å²) in [7, 11) is 0. The molecule has 0 aliphatic heterocycles. The first-order valence-corrected chi connectivity index (χ1v) is 2.80. The van der Waals surface area contributed by atoms with Crippen LogP contribution in [0.2, 0.25) is 0 Å². The molecule has 0 fully saturated rings. The average Bonchev–Trinajstić information content (AvgIpc) is 2.44. The lowest BCUT2D eigenvalue weighted by Gasteiger charge is -1.82. The van der Waals surface area contributed by atoms with Crippen molar-refractivity contribution in [2.45, 2.75) is 0 Å². The Labute approximate surface area is 56.8 Å². The highest BCUT2D eigenvalue weighted by atomic mass is 16.5. The Morgan fingerprint density at radius 3 is 3.40 bits per heavy atom. The molecular weight excluding hydrogens is 130 g/mol.